The summed E-state index contributed by atoms with van der Waals surface area (Å²) in [6.07, 6.45) is 0. The molecule has 42 heavy (non-hydrogen) atoms. The SMILES string of the molecule is O=C(Nc1ccc(OCc2ccccc2)cc1)Nc1ccc(C(=O)NCCN2CCN(Cc3ccccc3)CC2)cc1. The fraction of sp³-hybridized carbons (Fsp3) is 0.235. The molecule has 8 nitrogen and oxygen atoms in total. The van der Waals surface area contributed by atoms with Gasteiger partial charge in [0.25, 0.3) is 5.91 Å². The first-order valence-electron chi connectivity index (χ1n) is 14.3. The van der Waals surface area contributed by atoms with Gasteiger partial charge in [-0.25, -0.2) is 4.79 Å². The number of benzene rings is 4. The minimum atomic E-state index is -0.367. The number of hydrogen-bond acceptors (Lipinski definition) is 5. The molecule has 0 radical (unpaired) electrons. The van der Waals surface area contributed by atoms with Gasteiger partial charge in [0, 0.05) is 62.8 Å². The van der Waals surface area contributed by atoms with Crippen molar-refractivity contribution in [3.63, 3.8) is 0 Å². The second-order valence-electron chi connectivity index (χ2n) is 10.3. The van der Waals surface area contributed by atoms with E-state index >= 15 is 0 Å². The van der Waals surface area contributed by atoms with E-state index in [0.29, 0.717) is 30.1 Å². The van der Waals surface area contributed by atoms with E-state index in [9.17, 15) is 9.59 Å². The van der Waals surface area contributed by atoms with Crippen molar-refractivity contribution in [1.29, 1.82) is 0 Å². The second kappa shape index (κ2) is 14.8. The van der Waals surface area contributed by atoms with Crippen molar-refractivity contribution in [2.24, 2.45) is 0 Å². The molecule has 8 heteroatoms. The maximum absolute atomic E-state index is 12.6. The third-order valence-electron chi connectivity index (χ3n) is 7.19. The summed E-state index contributed by atoms with van der Waals surface area (Å²) in [7, 11) is 0. The van der Waals surface area contributed by atoms with Crippen LogP contribution in [0.4, 0.5) is 16.2 Å². The molecular formula is C34H37N5O3. The van der Waals surface area contributed by atoms with E-state index < -0.39 is 0 Å². The Morgan fingerprint density at radius 2 is 1.19 bits per heavy atom. The highest BCUT2D eigenvalue weighted by molar-refractivity contribution is 6.00. The predicted molar refractivity (Wildman–Crippen MR) is 167 cm³/mol. The molecule has 4 aromatic carbocycles. The summed E-state index contributed by atoms with van der Waals surface area (Å²) in [5.74, 6) is 0.600. The van der Waals surface area contributed by atoms with Gasteiger partial charge in [0.1, 0.15) is 12.4 Å². The molecular weight excluding hydrogens is 526 g/mol. The minimum absolute atomic E-state index is 0.122. The lowest BCUT2D eigenvalue weighted by atomic mass is 10.2. The molecule has 0 spiro atoms. The van der Waals surface area contributed by atoms with Crippen molar-refractivity contribution >= 4 is 23.3 Å². The van der Waals surface area contributed by atoms with Crippen LogP contribution in [0.3, 0.4) is 0 Å². The Bertz CT molecular complexity index is 1410. The maximum Gasteiger partial charge on any atom is 0.323 e. The van der Waals surface area contributed by atoms with Gasteiger partial charge in [-0.15, -0.1) is 0 Å². The highest BCUT2D eigenvalue weighted by Crippen LogP contribution is 2.18. The maximum atomic E-state index is 12.6. The lowest BCUT2D eigenvalue weighted by Gasteiger charge is -2.34. The molecule has 1 fully saturated rings. The molecule has 1 heterocycles. The minimum Gasteiger partial charge on any atom is -0.489 e. The van der Waals surface area contributed by atoms with Crippen molar-refractivity contribution in [1.82, 2.24) is 15.1 Å². The number of anilines is 2. The van der Waals surface area contributed by atoms with Gasteiger partial charge in [-0.05, 0) is 59.7 Å². The van der Waals surface area contributed by atoms with Crippen LogP contribution in [0.5, 0.6) is 5.75 Å². The standard InChI is InChI=1S/C34H37N5O3/c40-33(35-19-20-38-21-23-39(24-22-38)25-27-7-3-1-4-8-27)29-11-13-30(14-12-29)36-34(41)37-31-15-17-32(18-16-31)42-26-28-9-5-2-6-10-28/h1-18H,19-26H2,(H,35,40)(H2,36,37,41). The van der Waals surface area contributed by atoms with E-state index in [1.165, 1.54) is 5.56 Å². The van der Waals surface area contributed by atoms with Gasteiger partial charge in [0.2, 0.25) is 0 Å². The van der Waals surface area contributed by atoms with Crippen LogP contribution in [0.2, 0.25) is 0 Å². The van der Waals surface area contributed by atoms with E-state index in [2.05, 4.69) is 50.0 Å². The number of piperazine rings is 1. The second-order valence-corrected chi connectivity index (χ2v) is 10.3. The van der Waals surface area contributed by atoms with Crippen molar-refractivity contribution in [2.75, 3.05) is 49.9 Å². The quantitative estimate of drug-likeness (QED) is 0.226. The number of carbonyl (C=O) groups excluding carboxylic acids is 2. The number of hydrogen-bond donors (Lipinski definition) is 3. The summed E-state index contributed by atoms with van der Waals surface area (Å²) < 4.78 is 5.79. The van der Waals surface area contributed by atoms with E-state index in [1.54, 1.807) is 36.4 Å². The first kappa shape index (κ1) is 28.9. The molecule has 0 unspecified atom stereocenters. The largest absolute Gasteiger partial charge is 0.489 e. The van der Waals surface area contributed by atoms with Crippen LogP contribution >= 0.6 is 0 Å². The normalized spacial score (nSPS) is 13.7. The highest BCUT2D eigenvalue weighted by Gasteiger charge is 2.17. The first-order chi connectivity index (χ1) is 20.6. The van der Waals surface area contributed by atoms with Crippen LogP contribution in [0.1, 0.15) is 21.5 Å². The van der Waals surface area contributed by atoms with E-state index in [-0.39, 0.29) is 11.9 Å². The Balaban J connectivity index is 0.984. The molecule has 1 aliphatic rings. The topological polar surface area (TPSA) is 85.9 Å². The van der Waals surface area contributed by atoms with Crippen molar-refractivity contribution in [2.45, 2.75) is 13.2 Å². The summed E-state index contributed by atoms with van der Waals surface area (Å²) in [5.41, 5.74) is 4.23. The molecule has 1 saturated heterocycles. The lowest BCUT2D eigenvalue weighted by Crippen LogP contribution is -2.48. The van der Waals surface area contributed by atoms with E-state index in [1.807, 2.05) is 48.5 Å². The molecule has 0 aliphatic carbocycles. The van der Waals surface area contributed by atoms with Crippen LogP contribution < -0.4 is 20.7 Å². The number of urea groups is 1. The first-order valence-corrected chi connectivity index (χ1v) is 14.3. The molecule has 4 aromatic rings. The zero-order chi connectivity index (χ0) is 29.0. The number of nitrogens with one attached hydrogen (secondary N) is 3. The van der Waals surface area contributed by atoms with Gasteiger partial charge >= 0.3 is 6.03 Å². The highest BCUT2D eigenvalue weighted by atomic mass is 16.5. The fourth-order valence-electron chi connectivity index (χ4n) is 4.82. The molecule has 3 amide bonds. The molecule has 3 N–H and O–H groups in total. The Labute approximate surface area is 247 Å². The molecule has 0 saturated carbocycles. The lowest BCUT2D eigenvalue weighted by molar-refractivity contribution is 0.0934. The van der Waals surface area contributed by atoms with E-state index in [0.717, 1.165) is 50.6 Å². The number of nitrogens with zero attached hydrogens (tertiary/aromatic N) is 2. The Kier molecular flexibility index (Phi) is 10.2. The number of ether oxygens (including phenoxy) is 1. The van der Waals surface area contributed by atoms with Crippen LogP contribution in [-0.4, -0.2) is 61.0 Å². The van der Waals surface area contributed by atoms with Crippen LogP contribution in [0.15, 0.2) is 109 Å². The number of carbonyl (C=O) groups is 2. The monoisotopic (exact) mass is 563 g/mol. The number of amides is 3. The van der Waals surface area contributed by atoms with Gasteiger partial charge in [0.15, 0.2) is 0 Å². The summed E-state index contributed by atoms with van der Waals surface area (Å²) >= 11 is 0. The van der Waals surface area contributed by atoms with Gasteiger partial charge in [0.05, 0.1) is 0 Å². The Hall–Kier alpha value is -4.66. The summed E-state index contributed by atoms with van der Waals surface area (Å²) in [6.45, 7) is 6.93. The van der Waals surface area contributed by atoms with Crippen molar-refractivity contribution < 1.29 is 14.3 Å². The smallest absolute Gasteiger partial charge is 0.323 e. The molecule has 5 rings (SSSR count). The predicted octanol–water partition coefficient (Wildman–Crippen LogP) is 5.46. The van der Waals surface area contributed by atoms with Crippen LogP contribution in [0, 0.1) is 0 Å². The van der Waals surface area contributed by atoms with E-state index in [4.69, 9.17) is 4.74 Å². The molecule has 1 aliphatic heterocycles. The number of rotatable bonds is 11. The van der Waals surface area contributed by atoms with Crippen LogP contribution in [0.25, 0.3) is 0 Å². The van der Waals surface area contributed by atoms with Crippen molar-refractivity contribution in [3.8, 4) is 5.75 Å². The Morgan fingerprint density at radius 1 is 0.643 bits per heavy atom. The average Bonchev–Trinajstić information content (AvgIpc) is 3.03. The van der Waals surface area contributed by atoms with Gasteiger partial charge in [-0.2, -0.15) is 0 Å². The average molecular weight is 564 g/mol. The summed E-state index contributed by atoms with van der Waals surface area (Å²) in [4.78, 5) is 29.9. The summed E-state index contributed by atoms with van der Waals surface area (Å²) in [6, 6.07) is 34.2. The van der Waals surface area contributed by atoms with Gasteiger partial charge < -0.3 is 20.7 Å². The molecule has 0 bridgehead atoms. The van der Waals surface area contributed by atoms with Crippen molar-refractivity contribution in [3.05, 3.63) is 126 Å². The molecule has 0 aromatic heterocycles. The molecule has 216 valence electrons. The third-order valence-corrected chi connectivity index (χ3v) is 7.19. The van der Waals surface area contributed by atoms with Gasteiger partial charge in [-0.1, -0.05) is 60.7 Å². The zero-order valence-electron chi connectivity index (χ0n) is 23.7. The Morgan fingerprint density at radius 3 is 1.81 bits per heavy atom. The summed E-state index contributed by atoms with van der Waals surface area (Å²) in [5, 5.41) is 8.62. The third kappa shape index (κ3) is 8.92. The fourth-order valence-corrected chi connectivity index (χ4v) is 4.82. The zero-order valence-corrected chi connectivity index (χ0v) is 23.7. The van der Waals surface area contributed by atoms with Gasteiger partial charge in [-0.3, -0.25) is 14.6 Å². The van der Waals surface area contributed by atoms with Crippen LogP contribution in [-0.2, 0) is 13.2 Å². The molecule has 0 atom stereocenters.